The summed E-state index contributed by atoms with van der Waals surface area (Å²) in [4.78, 5) is 0. The van der Waals surface area contributed by atoms with Crippen molar-refractivity contribution in [1.29, 1.82) is 0 Å². The number of benzene rings is 3. The van der Waals surface area contributed by atoms with Crippen LogP contribution in [-0.2, 0) is 0 Å². The molecule has 0 bridgehead atoms. The minimum atomic E-state index is 1.22. The summed E-state index contributed by atoms with van der Waals surface area (Å²) in [6, 6.07) is 28.0. The molecule has 0 aliphatic heterocycles. The van der Waals surface area contributed by atoms with E-state index in [9.17, 15) is 0 Å². The molecule has 0 spiro atoms. The molecule has 0 nitrogen and oxygen atoms in total. The second kappa shape index (κ2) is 6.44. The molecule has 0 heterocycles. The van der Waals surface area contributed by atoms with E-state index < -0.39 is 0 Å². The van der Waals surface area contributed by atoms with Crippen molar-refractivity contribution in [3.05, 3.63) is 107 Å². The van der Waals surface area contributed by atoms with Crippen LogP contribution in [0.3, 0.4) is 0 Å². The molecule has 0 radical (unpaired) electrons. The Morgan fingerprint density at radius 1 is 0.591 bits per heavy atom. The van der Waals surface area contributed by atoms with Crippen LogP contribution in [0.4, 0.5) is 0 Å². The van der Waals surface area contributed by atoms with Gasteiger partial charge in [-0.1, -0.05) is 90.0 Å². The molecule has 0 amide bonds. The Labute approximate surface area is 132 Å². The Hall–Kier alpha value is -2.60. The summed E-state index contributed by atoms with van der Waals surface area (Å²) in [6.07, 6.45) is 2.26. The molecule has 3 rings (SSSR count). The maximum Gasteiger partial charge on any atom is -0.0105 e. The first-order chi connectivity index (χ1) is 10.7. The first-order valence-corrected chi connectivity index (χ1v) is 7.63. The summed E-state index contributed by atoms with van der Waals surface area (Å²) in [6.45, 7) is 4.24. The molecule has 0 aromatic heterocycles. The molecule has 3 aromatic carbocycles. The Morgan fingerprint density at radius 2 is 1.05 bits per heavy atom. The van der Waals surface area contributed by atoms with Crippen LogP contribution in [-0.4, -0.2) is 0 Å². The summed E-state index contributed by atoms with van der Waals surface area (Å²) in [7, 11) is 0. The molecule has 0 N–H and O–H groups in total. The van der Waals surface area contributed by atoms with Gasteiger partial charge in [-0.05, 0) is 42.2 Å². The van der Waals surface area contributed by atoms with E-state index in [4.69, 9.17) is 0 Å². The lowest BCUT2D eigenvalue weighted by atomic mass is 9.94. The first kappa shape index (κ1) is 14.3. The fourth-order valence-electron chi connectivity index (χ4n) is 2.52. The standard InChI is InChI=1S/C22H20/c1-17-8-12-20(13-9-17)22(16-19-6-4-3-5-7-19)21-14-10-18(2)11-15-21/h3-16H,1-2H3. The van der Waals surface area contributed by atoms with Crippen LogP contribution in [0.25, 0.3) is 11.6 Å². The van der Waals surface area contributed by atoms with Gasteiger partial charge in [0.2, 0.25) is 0 Å². The van der Waals surface area contributed by atoms with Crippen LogP contribution >= 0.6 is 0 Å². The highest BCUT2D eigenvalue weighted by Crippen LogP contribution is 2.26. The van der Waals surface area contributed by atoms with Crippen LogP contribution in [0.5, 0.6) is 0 Å². The Kier molecular flexibility index (Phi) is 4.20. The molecule has 0 atom stereocenters. The van der Waals surface area contributed by atoms with Crippen molar-refractivity contribution in [2.24, 2.45) is 0 Å². The van der Waals surface area contributed by atoms with Gasteiger partial charge in [0.25, 0.3) is 0 Å². The summed E-state index contributed by atoms with van der Waals surface area (Å²) in [5, 5.41) is 0. The fraction of sp³-hybridized carbons (Fsp3) is 0.0909. The molecule has 0 saturated heterocycles. The molecular weight excluding hydrogens is 264 g/mol. The third-order valence-electron chi connectivity index (χ3n) is 3.84. The zero-order chi connectivity index (χ0) is 15.4. The second-order valence-electron chi connectivity index (χ2n) is 5.70. The lowest BCUT2D eigenvalue weighted by Crippen LogP contribution is -1.89. The topological polar surface area (TPSA) is 0 Å². The van der Waals surface area contributed by atoms with Gasteiger partial charge >= 0.3 is 0 Å². The SMILES string of the molecule is Cc1ccc(C(=Cc2ccccc2)c2ccc(C)cc2)cc1. The van der Waals surface area contributed by atoms with Crippen molar-refractivity contribution in [2.75, 3.05) is 0 Å². The van der Waals surface area contributed by atoms with E-state index in [0.29, 0.717) is 0 Å². The third kappa shape index (κ3) is 3.35. The van der Waals surface area contributed by atoms with Crippen molar-refractivity contribution in [1.82, 2.24) is 0 Å². The summed E-state index contributed by atoms with van der Waals surface area (Å²) in [5.41, 5.74) is 7.54. The summed E-state index contributed by atoms with van der Waals surface area (Å²) < 4.78 is 0. The lowest BCUT2D eigenvalue weighted by Gasteiger charge is -2.10. The quantitative estimate of drug-likeness (QED) is 0.526. The Morgan fingerprint density at radius 3 is 1.50 bits per heavy atom. The van der Waals surface area contributed by atoms with E-state index in [0.717, 1.165) is 0 Å². The van der Waals surface area contributed by atoms with Crippen LogP contribution in [0.2, 0.25) is 0 Å². The minimum absolute atomic E-state index is 1.22. The average molecular weight is 284 g/mol. The largest absolute Gasteiger partial charge is 0.0622 e. The van der Waals surface area contributed by atoms with Gasteiger partial charge in [0.15, 0.2) is 0 Å². The lowest BCUT2D eigenvalue weighted by molar-refractivity contribution is 1.43. The maximum absolute atomic E-state index is 2.26. The third-order valence-corrected chi connectivity index (χ3v) is 3.84. The van der Waals surface area contributed by atoms with Gasteiger partial charge in [0.1, 0.15) is 0 Å². The van der Waals surface area contributed by atoms with E-state index in [1.165, 1.54) is 33.4 Å². The molecule has 0 aliphatic rings. The molecule has 0 unspecified atom stereocenters. The predicted octanol–water partition coefficient (Wildman–Crippen LogP) is 5.89. The predicted molar refractivity (Wildman–Crippen MR) is 95.8 cm³/mol. The molecule has 3 aromatic rings. The van der Waals surface area contributed by atoms with Gasteiger partial charge in [-0.3, -0.25) is 0 Å². The van der Waals surface area contributed by atoms with E-state index in [-0.39, 0.29) is 0 Å². The highest BCUT2D eigenvalue weighted by molar-refractivity contribution is 5.91. The van der Waals surface area contributed by atoms with E-state index in [1.54, 1.807) is 0 Å². The zero-order valence-corrected chi connectivity index (χ0v) is 13.1. The second-order valence-corrected chi connectivity index (χ2v) is 5.70. The molecular formula is C22H20. The van der Waals surface area contributed by atoms with Gasteiger partial charge in [-0.2, -0.15) is 0 Å². The van der Waals surface area contributed by atoms with Gasteiger partial charge in [0.05, 0.1) is 0 Å². The zero-order valence-electron chi connectivity index (χ0n) is 13.1. The number of rotatable bonds is 3. The number of aryl methyl sites for hydroxylation is 2. The van der Waals surface area contributed by atoms with Crippen LogP contribution < -0.4 is 0 Å². The highest BCUT2D eigenvalue weighted by atomic mass is 14.1. The summed E-state index contributed by atoms with van der Waals surface area (Å²) in [5.74, 6) is 0. The maximum atomic E-state index is 2.26. The van der Waals surface area contributed by atoms with Gasteiger partial charge < -0.3 is 0 Å². The summed E-state index contributed by atoms with van der Waals surface area (Å²) >= 11 is 0. The van der Waals surface area contributed by atoms with Crippen molar-refractivity contribution in [2.45, 2.75) is 13.8 Å². The number of hydrogen-bond donors (Lipinski definition) is 0. The average Bonchev–Trinajstić information content (AvgIpc) is 2.56. The molecule has 108 valence electrons. The monoisotopic (exact) mass is 284 g/mol. The number of hydrogen-bond acceptors (Lipinski definition) is 0. The first-order valence-electron chi connectivity index (χ1n) is 7.63. The molecule has 0 heteroatoms. The van der Waals surface area contributed by atoms with Gasteiger partial charge in [-0.15, -0.1) is 0 Å². The molecule has 0 aliphatic carbocycles. The minimum Gasteiger partial charge on any atom is -0.0622 e. The van der Waals surface area contributed by atoms with Crippen LogP contribution in [0.15, 0.2) is 78.9 Å². The van der Waals surface area contributed by atoms with E-state index in [2.05, 4.69) is 98.8 Å². The Balaban J connectivity index is 2.11. The van der Waals surface area contributed by atoms with Crippen molar-refractivity contribution >= 4 is 11.6 Å². The van der Waals surface area contributed by atoms with E-state index in [1.807, 2.05) is 0 Å². The van der Waals surface area contributed by atoms with Crippen LogP contribution in [0.1, 0.15) is 27.8 Å². The van der Waals surface area contributed by atoms with Gasteiger partial charge in [-0.25, -0.2) is 0 Å². The van der Waals surface area contributed by atoms with E-state index >= 15 is 0 Å². The normalized spacial score (nSPS) is 10.3. The van der Waals surface area contributed by atoms with Gasteiger partial charge in [0, 0.05) is 0 Å². The van der Waals surface area contributed by atoms with Crippen LogP contribution in [0, 0.1) is 13.8 Å². The molecule has 22 heavy (non-hydrogen) atoms. The van der Waals surface area contributed by atoms with Crippen molar-refractivity contribution < 1.29 is 0 Å². The smallest absolute Gasteiger partial charge is 0.0105 e. The molecule has 0 saturated carbocycles. The Bertz CT molecular complexity index is 713. The van der Waals surface area contributed by atoms with Crippen molar-refractivity contribution in [3.63, 3.8) is 0 Å². The fourth-order valence-corrected chi connectivity index (χ4v) is 2.52. The molecule has 0 fully saturated rings. The highest BCUT2D eigenvalue weighted by Gasteiger charge is 2.05. The van der Waals surface area contributed by atoms with Crippen molar-refractivity contribution in [3.8, 4) is 0 Å².